The van der Waals surface area contributed by atoms with Crippen LogP contribution in [-0.2, 0) is 16.6 Å². The molecule has 0 fully saturated rings. The zero-order valence-corrected chi connectivity index (χ0v) is 16.9. The Hall–Kier alpha value is -2.38. The molecule has 0 aliphatic carbocycles. The molecule has 2 aromatic carbocycles. The van der Waals surface area contributed by atoms with E-state index in [1.807, 2.05) is 17.5 Å². The summed E-state index contributed by atoms with van der Waals surface area (Å²) in [4.78, 5) is 4.39. The van der Waals surface area contributed by atoms with Crippen molar-refractivity contribution in [2.45, 2.75) is 37.7 Å². The maximum absolute atomic E-state index is 12.8. The van der Waals surface area contributed by atoms with Crippen molar-refractivity contribution in [3.05, 3.63) is 70.7 Å². The van der Waals surface area contributed by atoms with Gasteiger partial charge in [-0.15, -0.1) is 11.3 Å². The number of hydrogen-bond acceptors (Lipinski definition) is 5. The highest BCUT2D eigenvalue weighted by Gasteiger charge is 2.17. The molecule has 1 unspecified atom stereocenters. The lowest BCUT2D eigenvalue weighted by molar-refractivity contribution is 0.304. The first-order valence-corrected chi connectivity index (χ1v) is 11.1. The molecular formula is C20H22N2O3S2. The van der Waals surface area contributed by atoms with Gasteiger partial charge in [-0.2, -0.15) is 0 Å². The number of para-hydroxylation sites is 2. The fraction of sp³-hybridized carbons (Fsp3) is 0.250. The van der Waals surface area contributed by atoms with Gasteiger partial charge in [0.1, 0.15) is 12.4 Å². The van der Waals surface area contributed by atoms with E-state index in [0.29, 0.717) is 17.4 Å². The highest BCUT2D eigenvalue weighted by molar-refractivity contribution is 7.92. The van der Waals surface area contributed by atoms with Crippen LogP contribution in [0.1, 0.15) is 37.4 Å². The lowest BCUT2D eigenvalue weighted by atomic mass is 9.99. The highest BCUT2D eigenvalue weighted by Crippen LogP contribution is 2.28. The van der Waals surface area contributed by atoms with E-state index in [1.165, 1.54) is 11.3 Å². The van der Waals surface area contributed by atoms with E-state index in [2.05, 4.69) is 23.6 Å². The average molecular weight is 403 g/mol. The van der Waals surface area contributed by atoms with Crippen LogP contribution in [0, 0.1) is 0 Å². The van der Waals surface area contributed by atoms with Crippen LogP contribution in [0.4, 0.5) is 5.69 Å². The number of anilines is 1. The summed E-state index contributed by atoms with van der Waals surface area (Å²) >= 11 is 1.49. The molecule has 1 atom stereocenters. The molecule has 0 amide bonds. The van der Waals surface area contributed by atoms with E-state index in [0.717, 1.165) is 17.7 Å². The summed E-state index contributed by atoms with van der Waals surface area (Å²) in [6, 6.07) is 14.0. The molecule has 0 saturated heterocycles. The zero-order chi connectivity index (χ0) is 19.3. The van der Waals surface area contributed by atoms with E-state index in [4.69, 9.17) is 4.74 Å². The smallest absolute Gasteiger partial charge is 0.262 e. The fourth-order valence-corrected chi connectivity index (χ4v) is 4.17. The van der Waals surface area contributed by atoms with Gasteiger partial charge in [0.2, 0.25) is 0 Å². The summed E-state index contributed by atoms with van der Waals surface area (Å²) in [5.74, 6) is 0.861. The van der Waals surface area contributed by atoms with E-state index in [1.54, 1.807) is 41.9 Å². The molecule has 3 aromatic rings. The second-order valence-electron chi connectivity index (χ2n) is 6.25. The van der Waals surface area contributed by atoms with Crippen LogP contribution in [0.2, 0.25) is 0 Å². The van der Waals surface area contributed by atoms with E-state index < -0.39 is 10.0 Å². The Morgan fingerprint density at radius 1 is 1.15 bits per heavy atom. The van der Waals surface area contributed by atoms with Gasteiger partial charge in [0.05, 0.1) is 21.8 Å². The number of aromatic nitrogens is 1. The summed E-state index contributed by atoms with van der Waals surface area (Å²) in [6.07, 6.45) is 1.01. The van der Waals surface area contributed by atoms with Crippen molar-refractivity contribution >= 4 is 27.0 Å². The van der Waals surface area contributed by atoms with Crippen molar-refractivity contribution in [2.75, 3.05) is 4.72 Å². The zero-order valence-electron chi connectivity index (χ0n) is 15.3. The molecule has 142 valence electrons. The van der Waals surface area contributed by atoms with Crippen molar-refractivity contribution < 1.29 is 13.2 Å². The summed E-state index contributed by atoms with van der Waals surface area (Å²) in [5, 5.41) is 1.89. The lowest BCUT2D eigenvalue weighted by Crippen LogP contribution is -2.14. The summed E-state index contributed by atoms with van der Waals surface area (Å²) in [7, 11) is -3.70. The van der Waals surface area contributed by atoms with Gasteiger partial charge in [-0.3, -0.25) is 4.72 Å². The predicted octanol–water partition coefficient (Wildman–Crippen LogP) is 5.04. The molecule has 1 heterocycles. The number of nitrogens with one attached hydrogen (secondary N) is 1. The maximum Gasteiger partial charge on any atom is 0.262 e. The summed E-state index contributed by atoms with van der Waals surface area (Å²) in [6.45, 7) is 4.52. The Labute approximate surface area is 164 Å². The third-order valence-electron chi connectivity index (χ3n) is 4.36. The van der Waals surface area contributed by atoms with Gasteiger partial charge in [-0.25, -0.2) is 13.4 Å². The molecule has 0 spiro atoms. The quantitative estimate of drug-likeness (QED) is 0.573. The summed E-state index contributed by atoms with van der Waals surface area (Å²) in [5.41, 5.74) is 4.07. The van der Waals surface area contributed by atoms with Crippen molar-refractivity contribution in [1.29, 1.82) is 0 Å². The van der Waals surface area contributed by atoms with Crippen LogP contribution >= 0.6 is 11.3 Å². The Balaban J connectivity index is 1.77. The van der Waals surface area contributed by atoms with Crippen LogP contribution in [0.15, 0.2) is 64.3 Å². The molecule has 0 radical (unpaired) electrons. The number of nitrogens with zero attached hydrogens (tertiary/aromatic N) is 1. The van der Waals surface area contributed by atoms with Crippen molar-refractivity contribution in [3.8, 4) is 5.75 Å². The van der Waals surface area contributed by atoms with E-state index in [-0.39, 0.29) is 11.5 Å². The van der Waals surface area contributed by atoms with Crippen LogP contribution < -0.4 is 9.46 Å². The predicted molar refractivity (Wildman–Crippen MR) is 109 cm³/mol. The van der Waals surface area contributed by atoms with E-state index in [9.17, 15) is 8.42 Å². The topological polar surface area (TPSA) is 68.3 Å². The lowest BCUT2D eigenvalue weighted by Gasteiger charge is -2.14. The molecular weight excluding hydrogens is 380 g/mol. The minimum atomic E-state index is -3.70. The van der Waals surface area contributed by atoms with E-state index >= 15 is 0 Å². The molecule has 0 aliphatic heterocycles. The molecule has 0 aliphatic rings. The first kappa shape index (κ1) is 19.4. The number of benzene rings is 2. The number of ether oxygens (including phenoxy) is 1. The highest BCUT2D eigenvalue weighted by atomic mass is 32.2. The molecule has 7 heteroatoms. The van der Waals surface area contributed by atoms with Crippen molar-refractivity contribution in [3.63, 3.8) is 0 Å². The monoisotopic (exact) mass is 402 g/mol. The van der Waals surface area contributed by atoms with Gasteiger partial charge < -0.3 is 4.74 Å². The normalized spacial score (nSPS) is 12.5. The minimum absolute atomic E-state index is 0.226. The van der Waals surface area contributed by atoms with Crippen LogP contribution in [-0.4, -0.2) is 13.4 Å². The Kier molecular flexibility index (Phi) is 6.13. The second kappa shape index (κ2) is 8.54. The van der Waals surface area contributed by atoms with Gasteiger partial charge in [-0.1, -0.05) is 38.1 Å². The van der Waals surface area contributed by atoms with Gasteiger partial charge in [0.25, 0.3) is 10.0 Å². The molecule has 0 bridgehead atoms. The Bertz CT molecular complexity index is 969. The van der Waals surface area contributed by atoms with Gasteiger partial charge in [-0.05, 0) is 42.2 Å². The maximum atomic E-state index is 12.8. The van der Waals surface area contributed by atoms with Gasteiger partial charge >= 0.3 is 0 Å². The third-order valence-corrected chi connectivity index (χ3v) is 6.38. The standard InChI is InChI=1S/C20H22N2O3S2/c1-3-15(2)16-8-10-18(11-9-16)27(23,24)22-19-6-4-5-7-20(19)25-12-17-13-26-14-21-17/h4-11,13-15,22H,3,12H2,1-2H3. The Morgan fingerprint density at radius 3 is 2.56 bits per heavy atom. The van der Waals surface area contributed by atoms with Crippen molar-refractivity contribution in [2.24, 2.45) is 0 Å². The number of sulfonamides is 1. The van der Waals surface area contributed by atoms with Crippen LogP contribution in [0.5, 0.6) is 5.75 Å². The average Bonchev–Trinajstić information content (AvgIpc) is 3.20. The van der Waals surface area contributed by atoms with Gasteiger partial charge in [0, 0.05) is 5.38 Å². The second-order valence-corrected chi connectivity index (χ2v) is 8.65. The number of hydrogen-bond donors (Lipinski definition) is 1. The third kappa shape index (κ3) is 4.87. The Morgan fingerprint density at radius 2 is 1.89 bits per heavy atom. The molecule has 27 heavy (non-hydrogen) atoms. The number of thiazole rings is 1. The minimum Gasteiger partial charge on any atom is -0.485 e. The molecule has 0 saturated carbocycles. The van der Waals surface area contributed by atoms with Gasteiger partial charge in [0.15, 0.2) is 0 Å². The molecule has 1 aromatic heterocycles. The first-order chi connectivity index (χ1) is 13.0. The van der Waals surface area contributed by atoms with Crippen LogP contribution in [0.25, 0.3) is 0 Å². The number of rotatable bonds is 8. The largest absolute Gasteiger partial charge is 0.485 e. The molecule has 5 nitrogen and oxygen atoms in total. The first-order valence-electron chi connectivity index (χ1n) is 8.71. The molecule has 3 rings (SSSR count). The van der Waals surface area contributed by atoms with Crippen LogP contribution in [0.3, 0.4) is 0 Å². The van der Waals surface area contributed by atoms with Crippen molar-refractivity contribution in [1.82, 2.24) is 4.98 Å². The summed E-state index contributed by atoms with van der Waals surface area (Å²) < 4.78 is 33.9. The molecule has 1 N–H and O–H groups in total. The SMILES string of the molecule is CCC(C)c1ccc(S(=O)(=O)Nc2ccccc2OCc2cscn2)cc1. The fourth-order valence-electron chi connectivity index (χ4n) is 2.55.